The summed E-state index contributed by atoms with van der Waals surface area (Å²) in [5.41, 5.74) is 2.30. The molecule has 1 N–H and O–H groups in total. The lowest BCUT2D eigenvalue weighted by Gasteiger charge is -2.04. The fourth-order valence-corrected chi connectivity index (χ4v) is 1.26. The number of hydrogen-bond acceptors (Lipinski definition) is 3. The maximum atomic E-state index is 11.4. The Morgan fingerprint density at radius 2 is 2.00 bits per heavy atom. The van der Waals surface area contributed by atoms with Crippen molar-refractivity contribution in [2.24, 2.45) is 0 Å². The lowest BCUT2D eigenvalue weighted by Crippen LogP contribution is -2.10. The highest BCUT2D eigenvalue weighted by Crippen LogP contribution is 2.09. The molecule has 0 fully saturated rings. The van der Waals surface area contributed by atoms with Crippen LogP contribution in [0.1, 0.15) is 18.1 Å². The number of aryl methyl sites for hydroxylation is 1. The molecule has 1 rings (SSSR count). The molecule has 3 nitrogen and oxygen atoms in total. The number of benzene rings is 1. The average Bonchev–Trinajstić information content (AvgIpc) is 2.28. The monoisotopic (exact) mass is 220 g/mol. The molecule has 0 aliphatic carbocycles. The van der Waals surface area contributed by atoms with E-state index in [-0.39, 0.29) is 12.2 Å². The first kappa shape index (κ1) is 12.5. The molecular formula is C13H16O3. The molecule has 0 aliphatic rings. The molecule has 0 unspecified atom stereocenters. The Hall–Kier alpha value is -1.61. The van der Waals surface area contributed by atoms with Crippen molar-refractivity contribution < 1.29 is 14.6 Å². The SMILES string of the molecule is CCOC(=O)/C(=C/c1ccc(C)cc1)CO. The van der Waals surface area contributed by atoms with E-state index in [1.807, 2.05) is 31.2 Å². The minimum absolute atomic E-state index is 0.269. The van der Waals surface area contributed by atoms with Gasteiger partial charge in [-0.25, -0.2) is 4.79 Å². The molecule has 0 radical (unpaired) electrons. The van der Waals surface area contributed by atoms with Crippen molar-refractivity contribution >= 4 is 12.0 Å². The Morgan fingerprint density at radius 3 is 2.50 bits per heavy atom. The third-order valence-electron chi connectivity index (χ3n) is 2.13. The number of carbonyl (C=O) groups is 1. The number of hydrogen-bond donors (Lipinski definition) is 1. The highest BCUT2D eigenvalue weighted by molar-refractivity contribution is 5.93. The van der Waals surface area contributed by atoms with Crippen molar-refractivity contribution in [1.82, 2.24) is 0 Å². The third kappa shape index (κ3) is 3.51. The molecule has 0 spiro atoms. The quantitative estimate of drug-likeness (QED) is 0.623. The normalized spacial score (nSPS) is 11.3. The average molecular weight is 220 g/mol. The Labute approximate surface area is 95.4 Å². The number of rotatable bonds is 4. The minimum atomic E-state index is -0.467. The Balaban J connectivity index is 2.87. The second-order valence-electron chi connectivity index (χ2n) is 3.46. The molecule has 0 amide bonds. The Morgan fingerprint density at radius 1 is 1.38 bits per heavy atom. The fourth-order valence-electron chi connectivity index (χ4n) is 1.26. The predicted octanol–water partition coefficient (Wildman–Crippen LogP) is 1.93. The van der Waals surface area contributed by atoms with Crippen LogP contribution in [0.25, 0.3) is 6.08 Å². The van der Waals surface area contributed by atoms with E-state index < -0.39 is 5.97 Å². The highest BCUT2D eigenvalue weighted by Gasteiger charge is 2.08. The van der Waals surface area contributed by atoms with Crippen molar-refractivity contribution in [2.75, 3.05) is 13.2 Å². The van der Waals surface area contributed by atoms with Gasteiger partial charge in [-0.2, -0.15) is 0 Å². The molecule has 0 saturated heterocycles. The maximum absolute atomic E-state index is 11.4. The van der Waals surface area contributed by atoms with E-state index in [9.17, 15) is 4.79 Å². The molecule has 16 heavy (non-hydrogen) atoms. The first-order valence-corrected chi connectivity index (χ1v) is 5.22. The zero-order chi connectivity index (χ0) is 12.0. The predicted molar refractivity (Wildman–Crippen MR) is 62.9 cm³/mol. The Bertz CT molecular complexity index is 377. The van der Waals surface area contributed by atoms with Crippen LogP contribution in [0.5, 0.6) is 0 Å². The van der Waals surface area contributed by atoms with Crippen LogP contribution in [0.15, 0.2) is 29.8 Å². The van der Waals surface area contributed by atoms with Gasteiger partial charge in [0, 0.05) is 0 Å². The van der Waals surface area contributed by atoms with E-state index in [1.54, 1.807) is 13.0 Å². The number of esters is 1. The zero-order valence-electron chi connectivity index (χ0n) is 9.56. The topological polar surface area (TPSA) is 46.5 Å². The van der Waals surface area contributed by atoms with Gasteiger partial charge in [-0.15, -0.1) is 0 Å². The summed E-state index contributed by atoms with van der Waals surface area (Å²) in [6.45, 7) is 3.72. The van der Waals surface area contributed by atoms with Gasteiger partial charge in [-0.3, -0.25) is 0 Å². The van der Waals surface area contributed by atoms with Crippen molar-refractivity contribution in [1.29, 1.82) is 0 Å². The van der Waals surface area contributed by atoms with Gasteiger partial charge in [-0.05, 0) is 25.5 Å². The molecule has 0 bridgehead atoms. The summed E-state index contributed by atoms with van der Waals surface area (Å²) in [5, 5.41) is 9.07. The van der Waals surface area contributed by atoms with Crippen LogP contribution in [0.2, 0.25) is 0 Å². The lowest BCUT2D eigenvalue weighted by molar-refractivity contribution is -0.138. The van der Waals surface area contributed by atoms with Gasteiger partial charge in [0.25, 0.3) is 0 Å². The summed E-state index contributed by atoms with van der Waals surface area (Å²) in [6, 6.07) is 7.69. The van der Waals surface area contributed by atoms with E-state index in [2.05, 4.69) is 0 Å². The first-order valence-electron chi connectivity index (χ1n) is 5.22. The second-order valence-corrected chi connectivity index (χ2v) is 3.46. The smallest absolute Gasteiger partial charge is 0.336 e. The van der Waals surface area contributed by atoms with E-state index in [0.29, 0.717) is 6.61 Å². The van der Waals surface area contributed by atoms with Gasteiger partial charge < -0.3 is 9.84 Å². The number of ether oxygens (including phenoxy) is 1. The summed E-state index contributed by atoms with van der Waals surface area (Å²) >= 11 is 0. The third-order valence-corrected chi connectivity index (χ3v) is 2.13. The zero-order valence-corrected chi connectivity index (χ0v) is 9.56. The molecule has 0 atom stereocenters. The molecule has 0 aromatic heterocycles. The van der Waals surface area contributed by atoms with E-state index >= 15 is 0 Å². The van der Waals surface area contributed by atoms with Gasteiger partial charge in [0.15, 0.2) is 0 Å². The van der Waals surface area contributed by atoms with Crippen molar-refractivity contribution in [2.45, 2.75) is 13.8 Å². The van der Waals surface area contributed by atoms with Gasteiger partial charge in [0.05, 0.1) is 18.8 Å². The van der Waals surface area contributed by atoms with Crippen LogP contribution in [-0.4, -0.2) is 24.3 Å². The molecule has 0 saturated carbocycles. The number of aliphatic hydroxyl groups excluding tert-OH is 1. The molecular weight excluding hydrogens is 204 g/mol. The number of carbonyl (C=O) groups excluding carboxylic acids is 1. The van der Waals surface area contributed by atoms with Crippen LogP contribution in [-0.2, 0) is 9.53 Å². The summed E-state index contributed by atoms with van der Waals surface area (Å²) in [7, 11) is 0. The standard InChI is InChI=1S/C13H16O3/c1-3-16-13(15)12(9-14)8-11-6-4-10(2)5-7-11/h4-8,14H,3,9H2,1-2H3/b12-8+. The van der Waals surface area contributed by atoms with Crippen LogP contribution in [0.4, 0.5) is 0 Å². The molecule has 0 aliphatic heterocycles. The molecule has 1 aromatic rings. The van der Waals surface area contributed by atoms with Crippen LogP contribution in [0.3, 0.4) is 0 Å². The summed E-state index contributed by atoms with van der Waals surface area (Å²) in [4.78, 5) is 11.4. The number of aliphatic hydroxyl groups is 1. The van der Waals surface area contributed by atoms with Gasteiger partial charge >= 0.3 is 5.97 Å². The van der Waals surface area contributed by atoms with Crippen molar-refractivity contribution in [3.05, 3.63) is 41.0 Å². The molecule has 86 valence electrons. The van der Waals surface area contributed by atoms with Crippen LogP contribution >= 0.6 is 0 Å². The van der Waals surface area contributed by atoms with Gasteiger partial charge in [-0.1, -0.05) is 29.8 Å². The van der Waals surface area contributed by atoms with Gasteiger partial charge in [0.2, 0.25) is 0 Å². The van der Waals surface area contributed by atoms with Crippen LogP contribution < -0.4 is 0 Å². The summed E-state index contributed by atoms with van der Waals surface area (Å²) in [6.07, 6.45) is 1.64. The lowest BCUT2D eigenvalue weighted by atomic mass is 10.1. The van der Waals surface area contributed by atoms with E-state index in [0.717, 1.165) is 11.1 Å². The minimum Gasteiger partial charge on any atom is -0.463 e. The highest BCUT2D eigenvalue weighted by atomic mass is 16.5. The summed E-state index contributed by atoms with van der Waals surface area (Å²) in [5.74, 6) is -0.467. The maximum Gasteiger partial charge on any atom is 0.336 e. The first-order chi connectivity index (χ1) is 7.67. The fraction of sp³-hybridized carbons (Fsp3) is 0.308. The molecule has 0 heterocycles. The van der Waals surface area contributed by atoms with Crippen molar-refractivity contribution in [3.8, 4) is 0 Å². The largest absolute Gasteiger partial charge is 0.463 e. The van der Waals surface area contributed by atoms with Crippen molar-refractivity contribution in [3.63, 3.8) is 0 Å². The molecule has 3 heteroatoms. The Kier molecular flexibility index (Phi) is 4.73. The molecule has 1 aromatic carbocycles. The summed E-state index contributed by atoms with van der Waals surface area (Å²) < 4.78 is 4.82. The van der Waals surface area contributed by atoms with Crippen LogP contribution in [0, 0.1) is 6.92 Å². The second kappa shape index (κ2) is 6.08. The van der Waals surface area contributed by atoms with E-state index in [1.165, 1.54) is 0 Å². The van der Waals surface area contributed by atoms with E-state index in [4.69, 9.17) is 9.84 Å². The van der Waals surface area contributed by atoms with Gasteiger partial charge in [0.1, 0.15) is 0 Å².